The predicted molar refractivity (Wildman–Crippen MR) is 136 cm³/mol. The number of para-hydroxylation sites is 1. The first-order valence-electron chi connectivity index (χ1n) is 11.1. The van der Waals surface area contributed by atoms with E-state index in [4.69, 9.17) is 20.7 Å². The highest BCUT2D eigenvalue weighted by Gasteiger charge is 2.41. The first-order chi connectivity index (χ1) is 16.0. The second kappa shape index (κ2) is 9.55. The zero-order valence-electron chi connectivity index (χ0n) is 18.3. The van der Waals surface area contributed by atoms with Crippen LogP contribution in [-0.2, 0) is 0 Å². The topological polar surface area (TPSA) is 129 Å². The molecule has 0 radical (unpaired) electrons. The molecule has 1 aliphatic carbocycles. The van der Waals surface area contributed by atoms with Crippen molar-refractivity contribution < 1.29 is 10.2 Å². The molecular weight excluding hydrogens is 456 g/mol. The van der Waals surface area contributed by atoms with E-state index < -0.39 is 12.2 Å². The van der Waals surface area contributed by atoms with E-state index in [1.165, 1.54) is 0 Å². The molecule has 5 rings (SSSR count). The van der Waals surface area contributed by atoms with Gasteiger partial charge in [0, 0.05) is 17.7 Å². The Morgan fingerprint density at radius 2 is 2.00 bits per heavy atom. The maximum atomic E-state index is 10.6. The minimum absolute atomic E-state index is 0.157. The van der Waals surface area contributed by atoms with Crippen molar-refractivity contribution in [2.45, 2.75) is 43.3 Å². The molecule has 1 fully saturated rings. The third kappa shape index (κ3) is 4.58. The molecule has 6 N–H and O–H groups in total. The highest BCUT2D eigenvalue weighted by molar-refractivity contribution is 8.03. The fraction of sp³-hybridized carbons (Fsp3) is 0.435. The second-order valence-electron chi connectivity index (χ2n) is 8.55. The highest BCUT2D eigenvalue weighted by Crippen LogP contribution is 2.38. The number of rotatable bonds is 7. The summed E-state index contributed by atoms with van der Waals surface area (Å²) < 4.78 is 1.09. The normalized spacial score (nSPS) is 26.8. The van der Waals surface area contributed by atoms with Gasteiger partial charge in [-0.3, -0.25) is 0 Å². The van der Waals surface area contributed by atoms with Gasteiger partial charge in [-0.15, -0.1) is 23.1 Å². The van der Waals surface area contributed by atoms with Crippen molar-refractivity contribution in [3.8, 4) is 10.6 Å². The molecule has 2 aromatic heterocycles. The van der Waals surface area contributed by atoms with Crippen LogP contribution in [0.3, 0.4) is 0 Å². The van der Waals surface area contributed by atoms with Gasteiger partial charge < -0.3 is 26.6 Å². The Morgan fingerprint density at radius 1 is 1.15 bits per heavy atom. The number of aliphatic hydroxyl groups is 2. The van der Waals surface area contributed by atoms with E-state index >= 15 is 0 Å². The lowest BCUT2D eigenvalue weighted by atomic mass is 10.1. The fourth-order valence-electron chi connectivity index (χ4n) is 4.44. The minimum Gasteiger partial charge on any atom is -0.390 e. The first kappa shape index (κ1) is 22.5. The molecule has 1 saturated carbocycles. The molecule has 0 saturated heterocycles. The summed E-state index contributed by atoms with van der Waals surface area (Å²) in [7, 11) is 0. The molecule has 10 heteroatoms. The summed E-state index contributed by atoms with van der Waals surface area (Å²) in [6, 6.07) is 7.65. The van der Waals surface area contributed by atoms with Gasteiger partial charge in [0.05, 0.1) is 33.6 Å². The van der Waals surface area contributed by atoms with Gasteiger partial charge in [0.2, 0.25) is 5.95 Å². The SMILES string of the molecule is Cc1nc(NCC2CC=CS2)nc(NC2CC(CN)C(O)C2O)c1-c1nc2ccccc2s1. The standard InChI is InChI=1S/C23H28N6O2S2/c1-12-18(22-28-15-6-2-3-7-17(15)33-22)21(27-16-9-13(10-24)19(30)20(16)31)29-23(26-12)25-11-14-5-4-8-32-14/h2-4,6-8,13-14,16,19-20,30-31H,5,9-11,24H2,1H3,(H2,25,26,27,29). The van der Waals surface area contributed by atoms with Gasteiger partial charge in [-0.05, 0) is 43.9 Å². The fourth-order valence-corrected chi connectivity index (χ4v) is 6.34. The van der Waals surface area contributed by atoms with E-state index in [2.05, 4.69) is 22.1 Å². The van der Waals surface area contributed by atoms with Crippen molar-refractivity contribution >= 4 is 45.1 Å². The average Bonchev–Trinajstić information content (AvgIpc) is 3.53. The van der Waals surface area contributed by atoms with Crippen LogP contribution in [0.2, 0.25) is 0 Å². The van der Waals surface area contributed by atoms with Crippen molar-refractivity contribution in [1.29, 1.82) is 0 Å². The van der Waals surface area contributed by atoms with E-state index in [-0.39, 0.29) is 12.0 Å². The summed E-state index contributed by atoms with van der Waals surface area (Å²) in [6.45, 7) is 3.04. The molecule has 2 aliphatic rings. The van der Waals surface area contributed by atoms with Gasteiger partial charge in [-0.25, -0.2) is 9.97 Å². The predicted octanol–water partition coefficient (Wildman–Crippen LogP) is 2.97. The second-order valence-corrected chi connectivity index (χ2v) is 10.8. The molecule has 8 nitrogen and oxygen atoms in total. The van der Waals surface area contributed by atoms with Crippen molar-refractivity contribution in [3.05, 3.63) is 41.4 Å². The van der Waals surface area contributed by atoms with E-state index in [9.17, 15) is 10.2 Å². The number of anilines is 2. The summed E-state index contributed by atoms with van der Waals surface area (Å²) >= 11 is 3.39. The number of aliphatic hydroxyl groups excluding tert-OH is 2. The summed E-state index contributed by atoms with van der Waals surface area (Å²) in [5, 5.41) is 31.2. The van der Waals surface area contributed by atoms with Crippen LogP contribution in [0, 0.1) is 12.8 Å². The molecule has 1 aromatic carbocycles. The van der Waals surface area contributed by atoms with Crippen molar-refractivity contribution in [2.75, 3.05) is 23.7 Å². The number of benzene rings is 1. The van der Waals surface area contributed by atoms with E-state index in [1.807, 2.05) is 31.2 Å². The van der Waals surface area contributed by atoms with Gasteiger partial charge in [0.25, 0.3) is 0 Å². The number of thiazole rings is 1. The molecule has 33 heavy (non-hydrogen) atoms. The van der Waals surface area contributed by atoms with Crippen molar-refractivity contribution in [3.63, 3.8) is 0 Å². The molecule has 0 bridgehead atoms. The smallest absolute Gasteiger partial charge is 0.224 e. The van der Waals surface area contributed by atoms with E-state index in [0.717, 1.165) is 39.4 Å². The number of nitrogens with zero attached hydrogens (tertiary/aromatic N) is 3. The number of fused-ring (bicyclic) bond motifs is 1. The zero-order valence-corrected chi connectivity index (χ0v) is 19.9. The molecule has 1 aliphatic heterocycles. The van der Waals surface area contributed by atoms with Gasteiger partial charge in [-0.2, -0.15) is 4.98 Å². The lowest BCUT2D eigenvalue weighted by Gasteiger charge is -2.21. The monoisotopic (exact) mass is 484 g/mol. The van der Waals surface area contributed by atoms with Gasteiger partial charge in [-0.1, -0.05) is 18.2 Å². The third-order valence-corrected chi connectivity index (χ3v) is 8.43. The van der Waals surface area contributed by atoms with Crippen LogP contribution >= 0.6 is 23.1 Å². The van der Waals surface area contributed by atoms with E-state index in [1.54, 1.807) is 23.1 Å². The van der Waals surface area contributed by atoms with Gasteiger partial charge in [0.15, 0.2) is 0 Å². The number of nitrogens with one attached hydrogen (secondary N) is 2. The quantitative estimate of drug-likeness (QED) is 0.344. The molecular formula is C23H28N6O2S2. The van der Waals surface area contributed by atoms with Crippen molar-refractivity contribution in [2.24, 2.45) is 11.7 Å². The van der Waals surface area contributed by atoms with Crippen molar-refractivity contribution in [1.82, 2.24) is 15.0 Å². The Bertz CT molecular complexity index is 1130. The molecule has 5 atom stereocenters. The Hall–Kier alpha value is -2.24. The first-order valence-corrected chi connectivity index (χ1v) is 12.9. The molecule has 3 heterocycles. The van der Waals surface area contributed by atoms with Gasteiger partial charge >= 0.3 is 0 Å². The molecule has 174 valence electrons. The molecule has 3 aromatic rings. The van der Waals surface area contributed by atoms with Crippen LogP contribution in [0.4, 0.5) is 11.8 Å². The van der Waals surface area contributed by atoms with Crippen LogP contribution in [-0.4, -0.2) is 61.8 Å². The number of aromatic nitrogens is 3. The minimum atomic E-state index is -0.922. The molecule has 5 unspecified atom stereocenters. The highest BCUT2D eigenvalue weighted by atomic mass is 32.2. The van der Waals surface area contributed by atoms with Gasteiger partial charge in [0.1, 0.15) is 16.9 Å². The summed E-state index contributed by atoms with van der Waals surface area (Å²) in [5.74, 6) is 0.988. The zero-order chi connectivity index (χ0) is 22.9. The lowest BCUT2D eigenvalue weighted by molar-refractivity contribution is 0.0192. The Labute approximate surface area is 200 Å². The Morgan fingerprint density at radius 3 is 2.73 bits per heavy atom. The van der Waals surface area contributed by atoms with Crippen LogP contribution in [0.25, 0.3) is 20.8 Å². The lowest BCUT2D eigenvalue weighted by Crippen LogP contribution is -2.36. The molecule has 0 amide bonds. The summed E-state index contributed by atoms with van der Waals surface area (Å²) in [5.41, 5.74) is 8.35. The number of nitrogens with two attached hydrogens (primary N) is 1. The number of aryl methyl sites for hydroxylation is 1. The largest absolute Gasteiger partial charge is 0.390 e. The Balaban J connectivity index is 1.49. The molecule has 0 spiro atoms. The Kier molecular flexibility index (Phi) is 6.53. The number of hydrogen-bond acceptors (Lipinski definition) is 10. The number of allylic oxidation sites excluding steroid dienone is 1. The van der Waals surface area contributed by atoms with Crippen LogP contribution in [0.15, 0.2) is 35.7 Å². The number of hydrogen-bond donors (Lipinski definition) is 5. The number of thioether (sulfide) groups is 1. The maximum Gasteiger partial charge on any atom is 0.224 e. The third-order valence-electron chi connectivity index (χ3n) is 6.28. The maximum absolute atomic E-state index is 10.6. The average molecular weight is 485 g/mol. The van der Waals surface area contributed by atoms with Crippen LogP contribution in [0.1, 0.15) is 18.5 Å². The van der Waals surface area contributed by atoms with Crippen LogP contribution < -0.4 is 16.4 Å². The van der Waals surface area contributed by atoms with E-state index in [0.29, 0.717) is 30.0 Å². The summed E-state index contributed by atoms with van der Waals surface area (Å²) in [4.78, 5) is 14.3. The van der Waals surface area contributed by atoms with Crippen LogP contribution in [0.5, 0.6) is 0 Å². The summed E-state index contributed by atoms with van der Waals surface area (Å²) in [6.07, 6.45) is 1.99.